The van der Waals surface area contributed by atoms with E-state index in [1.165, 1.54) is 6.33 Å². The van der Waals surface area contributed by atoms with Crippen LogP contribution in [0.15, 0.2) is 48.8 Å². The molecule has 1 aliphatic heterocycles. The number of halogens is 2. The molecule has 1 atom stereocenters. The number of hydrogen-bond donors (Lipinski definition) is 1. The van der Waals surface area contributed by atoms with Crippen LogP contribution in [-0.4, -0.2) is 29.0 Å². The van der Waals surface area contributed by atoms with E-state index in [0.29, 0.717) is 27.5 Å². The monoisotopic (exact) mass is 402 g/mol. The molecule has 8 heteroatoms. The number of methoxy groups -OCH3 is 2. The molecule has 27 heavy (non-hydrogen) atoms. The highest BCUT2D eigenvalue weighted by Gasteiger charge is 2.26. The molecule has 0 bridgehead atoms. The maximum atomic E-state index is 6.45. The number of rotatable bonds is 4. The SMILES string of the molecule is COc1ccc(C2=C[C@@H](c3ccc(Cl)cc3Cl)n3ncnc3N2)c(OC)c1. The number of aromatic nitrogens is 3. The standard InChI is InChI=1S/C19H16Cl2N4O2/c1-26-12-4-6-14(18(8-12)27-2)16-9-17(25-19(24-16)22-10-23-25)13-5-3-11(20)7-15(13)21/h3-10,17H,1-2H3,(H,22,23,24)/t17-/m0/s1. The molecule has 0 radical (unpaired) electrons. The van der Waals surface area contributed by atoms with E-state index in [-0.39, 0.29) is 6.04 Å². The Morgan fingerprint density at radius 1 is 1.07 bits per heavy atom. The molecule has 4 rings (SSSR count). The molecular weight excluding hydrogens is 387 g/mol. The number of benzene rings is 2. The smallest absolute Gasteiger partial charge is 0.226 e. The minimum atomic E-state index is -0.240. The Kier molecular flexibility index (Phi) is 4.68. The maximum Gasteiger partial charge on any atom is 0.226 e. The minimum Gasteiger partial charge on any atom is -0.497 e. The van der Waals surface area contributed by atoms with Crippen LogP contribution in [-0.2, 0) is 0 Å². The molecule has 6 nitrogen and oxygen atoms in total. The summed E-state index contributed by atoms with van der Waals surface area (Å²) >= 11 is 12.5. The van der Waals surface area contributed by atoms with E-state index < -0.39 is 0 Å². The normalized spacial score (nSPS) is 15.6. The highest BCUT2D eigenvalue weighted by Crippen LogP contribution is 2.38. The van der Waals surface area contributed by atoms with Gasteiger partial charge in [-0.1, -0.05) is 29.3 Å². The maximum absolute atomic E-state index is 6.45. The van der Waals surface area contributed by atoms with Crippen LogP contribution in [0.5, 0.6) is 11.5 Å². The molecule has 138 valence electrons. The fourth-order valence-electron chi connectivity index (χ4n) is 3.07. The molecule has 0 aliphatic carbocycles. The number of anilines is 1. The van der Waals surface area contributed by atoms with Crippen LogP contribution < -0.4 is 14.8 Å². The van der Waals surface area contributed by atoms with E-state index in [4.69, 9.17) is 32.7 Å². The lowest BCUT2D eigenvalue weighted by atomic mass is 10.0. The van der Waals surface area contributed by atoms with Crippen molar-refractivity contribution in [2.75, 3.05) is 19.5 Å². The highest BCUT2D eigenvalue weighted by atomic mass is 35.5. The second-order valence-corrected chi connectivity index (χ2v) is 6.75. The van der Waals surface area contributed by atoms with Crippen LogP contribution >= 0.6 is 23.2 Å². The van der Waals surface area contributed by atoms with Gasteiger partial charge >= 0.3 is 0 Å². The largest absolute Gasteiger partial charge is 0.497 e. The Hall–Kier alpha value is -2.70. The lowest BCUT2D eigenvalue weighted by Crippen LogP contribution is -2.20. The minimum absolute atomic E-state index is 0.240. The van der Waals surface area contributed by atoms with Gasteiger partial charge in [-0.3, -0.25) is 0 Å². The van der Waals surface area contributed by atoms with Gasteiger partial charge in [0.25, 0.3) is 0 Å². The highest BCUT2D eigenvalue weighted by molar-refractivity contribution is 6.35. The molecule has 0 unspecified atom stereocenters. The van der Waals surface area contributed by atoms with E-state index in [2.05, 4.69) is 15.4 Å². The first kappa shape index (κ1) is 17.7. The van der Waals surface area contributed by atoms with Gasteiger partial charge in [0, 0.05) is 21.7 Å². The Balaban J connectivity index is 1.84. The molecule has 1 aromatic heterocycles. The fourth-order valence-corrected chi connectivity index (χ4v) is 3.60. The fraction of sp³-hybridized carbons (Fsp3) is 0.158. The van der Waals surface area contributed by atoms with Crippen molar-refractivity contribution in [3.8, 4) is 11.5 Å². The van der Waals surface area contributed by atoms with E-state index in [9.17, 15) is 0 Å². The van der Waals surface area contributed by atoms with Crippen LogP contribution in [0.1, 0.15) is 17.2 Å². The molecule has 0 saturated heterocycles. The van der Waals surface area contributed by atoms with Gasteiger partial charge in [-0.2, -0.15) is 10.1 Å². The summed E-state index contributed by atoms with van der Waals surface area (Å²) in [5.74, 6) is 2.01. The quantitative estimate of drug-likeness (QED) is 0.687. The summed E-state index contributed by atoms with van der Waals surface area (Å²) in [6.45, 7) is 0. The molecule has 2 aromatic carbocycles. The Morgan fingerprint density at radius 3 is 2.67 bits per heavy atom. The number of nitrogens with one attached hydrogen (secondary N) is 1. The van der Waals surface area contributed by atoms with Gasteiger partial charge in [0.2, 0.25) is 5.95 Å². The van der Waals surface area contributed by atoms with Gasteiger partial charge in [0.15, 0.2) is 0 Å². The molecular formula is C19H16Cl2N4O2. The van der Waals surface area contributed by atoms with Crippen molar-refractivity contribution < 1.29 is 9.47 Å². The van der Waals surface area contributed by atoms with Gasteiger partial charge in [-0.05, 0) is 35.9 Å². The third-order valence-corrected chi connectivity index (χ3v) is 4.95. The summed E-state index contributed by atoms with van der Waals surface area (Å²) in [5, 5.41) is 8.77. The van der Waals surface area contributed by atoms with Crippen LogP contribution in [0, 0.1) is 0 Å². The lowest BCUT2D eigenvalue weighted by molar-refractivity contribution is 0.393. The van der Waals surface area contributed by atoms with Crippen molar-refractivity contribution in [1.82, 2.24) is 14.8 Å². The van der Waals surface area contributed by atoms with Gasteiger partial charge in [0.1, 0.15) is 23.9 Å². The number of nitrogens with zero attached hydrogens (tertiary/aromatic N) is 3. The zero-order chi connectivity index (χ0) is 19.0. The predicted molar refractivity (Wildman–Crippen MR) is 106 cm³/mol. The molecule has 0 fully saturated rings. The summed E-state index contributed by atoms with van der Waals surface area (Å²) in [6, 6.07) is 10.8. The zero-order valence-corrected chi connectivity index (χ0v) is 16.1. The number of fused-ring (bicyclic) bond motifs is 1. The molecule has 1 N–H and O–H groups in total. The first-order valence-electron chi connectivity index (χ1n) is 8.16. The van der Waals surface area contributed by atoms with Crippen molar-refractivity contribution in [2.24, 2.45) is 0 Å². The molecule has 0 saturated carbocycles. The Morgan fingerprint density at radius 2 is 1.93 bits per heavy atom. The summed E-state index contributed by atoms with van der Waals surface area (Å²) in [4.78, 5) is 4.31. The first-order valence-corrected chi connectivity index (χ1v) is 8.92. The molecule has 1 aliphatic rings. The van der Waals surface area contributed by atoms with Gasteiger partial charge < -0.3 is 14.8 Å². The van der Waals surface area contributed by atoms with Crippen LogP contribution in [0.25, 0.3) is 5.70 Å². The number of ether oxygens (including phenoxy) is 2. The van der Waals surface area contributed by atoms with E-state index in [1.54, 1.807) is 25.0 Å². The average Bonchev–Trinajstić information content (AvgIpc) is 3.15. The van der Waals surface area contributed by atoms with E-state index in [0.717, 1.165) is 16.8 Å². The Bertz CT molecular complexity index is 1030. The molecule has 3 aromatic rings. The second kappa shape index (κ2) is 7.13. The lowest BCUT2D eigenvalue weighted by Gasteiger charge is -2.25. The van der Waals surface area contributed by atoms with Crippen LogP contribution in [0.4, 0.5) is 5.95 Å². The van der Waals surface area contributed by atoms with Crippen molar-refractivity contribution in [3.63, 3.8) is 0 Å². The summed E-state index contributed by atoms with van der Waals surface area (Å²) in [5.41, 5.74) is 2.59. The summed E-state index contributed by atoms with van der Waals surface area (Å²) < 4.78 is 12.6. The molecule has 2 heterocycles. The number of hydrogen-bond acceptors (Lipinski definition) is 5. The van der Waals surface area contributed by atoms with Crippen molar-refractivity contribution in [1.29, 1.82) is 0 Å². The van der Waals surface area contributed by atoms with Gasteiger partial charge in [0.05, 0.1) is 19.9 Å². The predicted octanol–water partition coefficient (Wildman–Crippen LogP) is 4.66. The van der Waals surface area contributed by atoms with Gasteiger partial charge in [-0.25, -0.2) is 4.68 Å². The van der Waals surface area contributed by atoms with Crippen molar-refractivity contribution in [2.45, 2.75) is 6.04 Å². The third kappa shape index (κ3) is 3.22. The van der Waals surface area contributed by atoms with Crippen molar-refractivity contribution >= 4 is 34.8 Å². The molecule has 0 amide bonds. The van der Waals surface area contributed by atoms with Gasteiger partial charge in [-0.15, -0.1) is 0 Å². The zero-order valence-electron chi connectivity index (χ0n) is 14.6. The first-order chi connectivity index (χ1) is 13.1. The summed E-state index contributed by atoms with van der Waals surface area (Å²) in [7, 11) is 3.24. The number of allylic oxidation sites excluding steroid dienone is 1. The summed E-state index contributed by atoms with van der Waals surface area (Å²) in [6.07, 6.45) is 3.53. The Labute approximate surface area is 166 Å². The molecule has 0 spiro atoms. The van der Waals surface area contributed by atoms with E-state index >= 15 is 0 Å². The average molecular weight is 403 g/mol. The van der Waals surface area contributed by atoms with E-state index in [1.807, 2.05) is 36.4 Å². The third-order valence-electron chi connectivity index (χ3n) is 4.39. The van der Waals surface area contributed by atoms with Crippen molar-refractivity contribution in [3.05, 3.63) is 70.0 Å². The topological polar surface area (TPSA) is 61.2 Å². The van der Waals surface area contributed by atoms with Crippen LogP contribution in [0.3, 0.4) is 0 Å². The van der Waals surface area contributed by atoms with Crippen LogP contribution in [0.2, 0.25) is 10.0 Å². The second-order valence-electron chi connectivity index (χ2n) is 5.91.